The minimum atomic E-state index is -0.246. The molecule has 0 aliphatic carbocycles. The lowest BCUT2D eigenvalue weighted by atomic mass is 10.1. The molecule has 0 aliphatic heterocycles. The van der Waals surface area contributed by atoms with Crippen LogP contribution in [0.3, 0.4) is 0 Å². The SMILES string of the molecule is CCOCCn1c(=NC(=O)C=Cc2cccs2)sc2c(C)cc(C)cc21. The van der Waals surface area contributed by atoms with Crippen molar-refractivity contribution in [3.8, 4) is 0 Å². The van der Waals surface area contributed by atoms with Crippen molar-refractivity contribution < 1.29 is 9.53 Å². The molecule has 0 aliphatic rings. The van der Waals surface area contributed by atoms with E-state index >= 15 is 0 Å². The number of hydrogen-bond donors (Lipinski definition) is 0. The van der Waals surface area contributed by atoms with Gasteiger partial charge in [0.15, 0.2) is 4.80 Å². The first-order valence-electron chi connectivity index (χ1n) is 8.57. The number of carbonyl (C=O) groups excluding carboxylic acids is 1. The lowest BCUT2D eigenvalue weighted by Crippen LogP contribution is -2.19. The molecule has 0 unspecified atom stereocenters. The van der Waals surface area contributed by atoms with Crippen molar-refractivity contribution in [3.63, 3.8) is 0 Å². The van der Waals surface area contributed by atoms with Crippen molar-refractivity contribution in [2.24, 2.45) is 4.99 Å². The van der Waals surface area contributed by atoms with Crippen molar-refractivity contribution in [2.75, 3.05) is 13.2 Å². The van der Waals surface area contributed by atoms with Gasteiger partial charge in [-0.1, -0.05) is 23.5 Å². The number of thiophene rings is 1. The molecule has 3 aromatic rings. The zero-order chi connectivity index (χ0) is 18.5. The summed E-state index contributed by atoms with van der Waals surface area (Å²) < 4.78 is 8.77. The summed E-state index contributed by atoms with van der Waals surface area (Å²) in [7, 11) is 0. The Morgan fingerprint density at radius 1 is 1.35 bits per heavy atom. The number of aryl methyl sites for hydroxylation is 2. The molecule has 0 spiro atoms. The van der Waals surface area contributed by atoms with Crippen molar-refractivity contribution in [1.29, 1.82) is 0 Å². The fraction of sp³-hybridized carbons (Fsp3) is 0.300. The molecule has 0 bridgehead atoms. The molecule has 0 radical (unpaired) electrons. The van der Waals surface area contributed by atoms with Gasteiger partial charge in [-0.25, -0.2) is 0 Å². The summed E-state index contributed by atoms with van der Waals surface area (Å²) in [5.74, 6) is -0.246. The molecule has 0 atom stereocenters. The molecule has 2 heterocycles. The number of fused-ring (bicyclic) bond motifs is 1. The van der Waals surface area contributed by atoms with Crippen LogP contribution in [-0.4, -0.2) is 23.7 Å². The predicted molar refractivity (Wildman–Crippen MR) is 110 cm³/mol. The number of thiazole rings is 1. The Balaban J connectivity index is 2.01. The number of aromatic nitrogens is 1. The van der Waals surface area contributed by atoms with E-state index in [2.05, 4.69) is 35.5 Å². The topological polar surface area (TPSA) is 43.6 Å². The highest BCUT2D eigenvalue weighted by Crippen LogP contribution is 2.23. The van der Waals surface area contributed by atoms with Crippen molar-refractivity contribution >= 4 is 44.9 Å². The molecule has 4 nitrogen and oxygen atoms in total. The molecule has 1 amide bonds. The summed E-state index contributed by atoms with van der Waals surface area (Å²) in [6.07, 6.45) is 3.34. The van der Waals surface area contributed by atoms with E-state index in [4.69, 9.17) is 4.74 Å². The van der Waals surface area contributed by atoms with Crippen LogP contribution in [0.1, 0.15) is 22.9 Å². The zero-order valence-electron chi connectivity index (χ0n) is 15.2. The third-order valence-corrected chi connectivity index (χ3v) is 5.98. The van der Waals surface area contributed by atoms with E-state index in [1.807, 2.05) is 30.5 Å². The Kier molecular flexibility index (Phi) is 6.19. The van der Waals surface area contributed by atoms with Gasteiger partial charge in [0.1, 0.15) is 0 Å². The maximum absolute atomic E-state index is 12.3. The van der Waals surface area contributed by atoms with Gasteiger partial charge in [-0.2, -0.15) is 4.99 Å². The first-order valence-corrected chi connectivity index (χ1v) is 10.3. The second-order valence-electron chi connectivity index (χ2n) is 5.96. The van der Waals surface area contributed by atoms with Crippen molar-refractivity contribution in [1.82, 2.24) is 4.57 Å². The highest BCUT2D eigenvalue weighted by Gasteiger charge is 2.10. The molecule has 26 heavy (non-hydrogen) atoms. The van der Waals surface area contributed by atoms with Gasteiger partial charge in [-0.15, -0.1) is 11.3 Å². The van der Waals surface area contributed by atoms with Crippen LogP contribution in [0.15, 0.2) is 40.7 Å². The van der Waals surface area contributed by atoms with E-state index in [0.29, 0.717) is 24.6 Å². The first kappa shape index (κ1) is 18.8. The van der Waals surface area contributed by atoms with Crippen LogP contribution in [0, 0.1) is 13.8 Å². The molecule has 0 N–H and O–H groups in total. The maximum Gasteiger partial charge on any atom is 0.272 e. The van der Waals surface area contributed by atoms with Gasteiger partial charge in [-0.3, -0.25) is 4.79 Å². The molecular formula is C20H22N2O2S2. The van der Waals surface area contributed by atoms with Crippen LogP contribution in [0.2, 0.25) is 0 Å². The predicted octanol–water partition coefficient (Wildman–Crippen LogP) is 4.56. The number of amides is 1. The third-order valence-electron chi connectivity index (χ3n) is 3.92. The van der Waals surface area contributed by atoms with Gasteiger partial charge < -0.3 is 9.30 Å². The number of rotatable bonds is 6. The number of hydrogen-bond acceptors (Lipinski definition) is 4. The molecule has 6 heteroatoms. The lowest BCUT2D eigenvalue weighted by molar-refractivity contribution is -0.113. The van der Waals surface area contributed by atoms with Crippen LogP contribution in [-0.2, 0) is 16.1 Å². The van der Waals surface area contributed by atoms with E-state index in [9.17, 15) is 4.79 Å². The van der Waals surface area contributed by atoms with E-state index in [0.717, 1.165) is 10.4 Å². The van der Waals surface area contributed by atoms with Crippen molar-refractivity contribution in [3.05, 3.63) is 56.5 Å². The van der Waals surface area contributed by atoms with E-state index < -0.39 is 0 Å². The second kappa shape index (κ2) is 8.58. The Labute approximate surface area is 161 Å². The smallest absolute Gasteiger partial charge is 0.272 e. The van der Waals surface area contributed by atoms with E-state index in [-0.39, 0.29) is 5.91 Å². The normalized spacial score (nSPS) is 12.5. The van der Waals surface area contributed by atoms with Gasteiger partial charge in [0.05, 0.1) is 16.8 Å². The summed E-state index contributed by atoms with van der Waals surface area (Å²) in [6.45, 7) is 8.12. The van der Waals surface area contributed by atoms with Crippen LogP contribution < -0.4 is 4.80 Å². The average Bonchev–Trinajstić information content (AvgIpc) is 3.22. The second-order valence-corrected chi connectivity index (χ2v) is 7.92. The monoisotopic (exact) mass is 386 g/mol. The zero-order valence-corrected chi connectivity index (χ0v) is 16.8. The van der Waals surface area contributed by atoms with Crippen LogP contribution in [0.4, 0.5) is 0 Å². The van der Waals surface area contributed by atoms with Crippen molar-refractivity contribution in [2.45, 2.75) is 27.3 Å². The molecule has 0 saturated carbocycles. The van der Waals surface area contributed by atoms with Crippen LogP contribution in [0.25, 0.3) is 16.3 Å². The van der Waals surface area contributed by atoms with Gasteiger partial charge in [-0.05, 0) is 55.5 Å². The number of benzene rings is 1. The summed E-state index contributed by atoms with van der Waals surface area (Å²) in [5.41, 5.74) is 3.52. The highest BCUT2D eigenvalue weighted by atomic mass is 32.1. The van der Waals surface area contributed by atoms with Gasteiger partial charge >= 0.3 is 0 Å². The van der Waals surface area contributed by atoms with Gasteiger partial charge in [0.25, 0.3) is 5.91 Å². The van der Waals surface area contributed by atoms with E-state index in [1.165, 1.54) is 21.9 Å². The summed E-state index contributed by atoms with van der Waals surface area (Å²) in [5, 5.41) is 1.99. The van der Waals surface area contributed by atoms with Gasteiger partial charge in [0.2, 0.25) is 0 Å². The largest absolute Gasteiger partial charge is 0.380 e. The number of ether oxygens (including phenoxy) is 1. The molecule has 2 aromatic heterocycles. The molecule has 0 saturated heterocycles. The third kappa shape index (κ3) is 4.38. The molecule has 0 fully saturated rings. The maximum atomic E-state index is 12.3. The Morgan fingerprint density at radius 3 is 2.92 bits per heavy atom. The molecule has 3 rings (SSSR count). The van der Waals surface area contributed by atoms with E-state index in [1.54, 1.807) is 22.7 Å². The average molecular weight is 387 g/mol. The fourth-order valence-corrected chi connectivity index (χ4v) is 4.51. The quantitative estimate of drug-likeness (QED) is 0.460. The van der Waals surface area contributed by atoms with Crippen LogP contribution >= 0.6 is 22.7 Å². The molecular weight excluding hydrogens is 364 g/mol. The number of carbonyl (C=O) groups is 1. The Hall–Kier alpha value is -2.02. The molecule has 1 aromatic carbocycles. The summed E-state index contributed by atoms with van der Waals surface area (Å²) >= 11 is 3.15. The minimum absolute atomic E-state index is 0.246. The standard InChI is InChI=1S/C20H22N2O2S2/c1-4-24-10-9-22-17-13-14(2)12-15(3)19(17)26-20(22)21-18(23)8-7-16-6-5-11-25-16/h5-8,11-13H,4,9-10H2,1-3H3. The summed E-state index contributed by atoms with van der Waals surface area (Å²) in [4.78, 5) is 18.4. The van der Waals surface area contributed by atoms with Crippen LogP contribution in [0.5, 0.6) is 0 Å². The fourth-order valence-electron chi connectivity index (χ4n) is 2.79. The number of nitrogens with zero attached hydrogens (tertiary/aromatic N) is 2. The minimum Gasteiger partial charge on any atom is -0.380 e. The Bertz CT molecular complexity index is 995. The Morgan fingerprint density at radius 2 is 2.19 bits per heavy atom. The lowest BCUT2D eigenvalue weighted by Gasteiger charge is -2.06. The molecule has 136 valence electrons. The highest BCUT2D eigenvalue weighted by molar-refractivity contribution is 7.16. The summed E-state index contributed by atoms with van der Waals surface area (Å²) in [6, 6.07) is 8.25. The first-order chi connectivity index (χ1) is 12.6. The van der Waals surface area contributed by atoms with Gasteiger partial charge in [0, 0.05) is 24.1 Å².